The molecular formula is C16H24N4O2S. The second-order valence-corrected chi connectivity index (χ2v) is 7.80. The van der Waals surface area contributed by atoms with E-state index in [1.807, 2.05) is 11.8 Å². The van der Waals surface area contributed by atoms with Crippen LogP contribution in [0.3, 0.4) is 0 Å². The summed E-state index contributed by atoms with van der Waals surface area (Å²) in [6, 6.07) is 0.0693. The van der Waals surface area contributed by atoms with Crippen LogP contribution in [0.15, 0.2) is 0 Å². The molecule has 2 amide bonds. The number of aromatic nitrogens is 1. The first-order chi connectivity index (χ1) is 11.0. The van der Waals surface area contributed by atoms with Crippen LogP contribution >= 0.6 is 11.3 Å². The molecule has 2 heterocycles. The summed E-state index contributed by atoms with van der Waals surface area (Å²) in [5.74, 6) is -0.141. The standard InChI is InChI=1S/C16H24N4O2S/c1-10-18-15-12(3-2-4-13(15)23-10)19-16(22)11-5-7-20(8-6-11)9-14(17)21/h11-12H,2-9H2,1H3,(H2,17,21)(H,19,22)/t12-/m0/s1. The van der Waals surface area contributed by atoms with Crippen LogP contribution in [0, 0.1) is 12.8 Å². The molecule has 23 heavy (non-hydrogen) atoms. The minimum absolute atomic E-state index is 0.0317. The lowest BCUT2D eigenvalue weighted by Crippen LogP contribution is -2.44. The number of nitrogens with two attached hydrogens (primary N) is 1. The number of hydrogen-bond acceptors (Lipinski definition) is 5. The van der Waals surface area contributed by atoms with Crippen LogP contribution in [-0.2, 0) is 16.0 Å². The molecule has 1 aliphatic carbocycles. The Morgan fingerprint density at radius 2 is 2.09 bits per heavy atom. The fourth-order valence-electron chi connectivity index (χ4n) is 3.54. The zero-order valence-electron chi connectivity index (χ0n) is 13.5. The third kappa shape index (κ3) is 3.90. The molecule has 1 aromatic rings. The number of carbonyl (C=O) groups is 2. The van der Waals surface area contributed by atoms with E-state index < -0.39 is 0 Å². The smallest absolute Gasteiger partial charge is 0.231 e. The maximum absolute atomic E-state index is 12.6. The molecule has 1 saturated heterocycles. The third-order valence-electron chi connectivity index (χ3n) is 4.72. The Morgan fingerprint density at radius 1 is 1.35 bits per heavy atom. The number of likely N-dealkylation sites (tertiary alicyclic amines) is 1. The van der Waals surface area contributed by atoms with Gasteiger partial charge in [-0.05, 0) is 52.1 Å². The van der Waals surface area contributed by atoms with E-state index in [2.05, 4.69) is 10.3 Å². The molecular weight excluding hydrogens is 312 g/mol. The molecule has 3 rings (SSSR count). The van der Waals surface area contributed by atoms with E-state index in [9.17, 15) is 9.59 Å². The van der Waals surface area contributed by atoms with Crippen molar-refractivity contribution in [1.29, 1.82) is 0 Å². The van der Waals surface area contributed by atoms with Crippen molar-refractivity contribution >= 4 is 23.2 Å². The van der Waals surface area contributed by atoms with Crippen molar-refractivity contribution in [3.8, 4) is 0 Å². The van der Waals surface area contributed by atoms with Crippen molar-refractivity contribution in [2.75, 3.05) is 19.6 Å². The molecule has 1 aliphatic heterocycles. The number of nitrogens with zero attached hydrogens (tertiary/aromatic N) is 2. The van der Waals surface area contributed by atoms with Crippen molar-refractivity contribution in [3.05, 3.63) is 15.6 Å². The van der Waals surface area contributed by atoms with E-state index in [1.165, 1.54) is 4.88 Å². The van der Waals surface area contributed by atoms with Crippen molar-refractivity contribution in [2.45, 2.75) is 45.1 Å². The lowest BCUT2D eigenvalue weighted by molar-refractivity contribution is -0.127. The molecule has 0 radical (unpaired) electrons. The third-order valence-corrected chi connectivity index (χ3v) is 5.76. The maximum atomic E-state index is 12.6. The average molecular weight is 336 g/mol. The van der Waals surface area contributed by atoms with Gasteiger partial charge in [-0.2, -0.15) is 0 Å². The van der Waals surface area contributed by atoms with Crippen LogP contribution in [-0.4, -0.2) is 41.3 Å². The van der Waals surface area contributed by atoms with Gasteiger partial charge < -0.3 is 11.1 Å². The molecule has 3 N–H and O–H groups in total. The molecule has 1 fully saturated rings. The molecule has 7 heteroatoms. The van der Waals surface area contributed by atoms with Crippen LogP contribution in [0.4, 0.5) is 0 Å². The first-order valence-electron chi connectivity index (χ1n) is 8.30. The van der Waals surface area contributed by atoms with Crippen LogP contribution in [0.1, 0.15) is 47.3 Å². The molecule has 0 spiro atoms. The Labute approximate surface area is 140 Å². The molecule has 6 nitrogen and oxygen atoms in total. The second kappa shape index (κ2) is 6.97. The Bertz CT molecular complexity index is 593. The van der Waals surface area contributed by atoms with Crippen LogP contribution in [0.25, 0.3) is 0 Å². The van der Waals surface area contributed by atoms with E-state index in [-0.39, 0.29) is 23.8 Å². The number of piperidine rings is 1. The van der Waals surface area contributed by atoms with Crippen molar-refractivity contribution in [2.24, 2.45) is 11.7 Å². The maximum Gasteiger partial charge on any atom is 0.231 e. The first-order valence-corrected chi connectivity index (χ1v) is 9.12. The number of fused-ring (bicyclic) bond motifs is 1. The zero-order valence-corrected chi connectivity index (χ0v) is 14.3. The van der Waals surface area contributed by atoms with E-state index in [0.29, 0.717) is 6.54 Å². The van der Waals surface area contributed by atoms with Crippen molar-refractivity contribution in [1.82, 2.24) is 15.2 Å². The summed E-state index contributed by atoms with van der Waals surface area (Å²) in [6.45, 7) is 3.83. The quantitative estimate of drug-likeness (QED) is 0.863. The predicted molar refractivity (Wildman–Crippen MR) is 89.0 cm³/mol. The number of nitrogens with one attached hydrogen (secondary N) is 1. The summed E-state index contributed by atoms with van der Waals surface area (Å²) < 4.78 is 0. The summed E-state index contributed by atoms with van der Waals surface area (Å²) in [7, 11) is 0. The van der Waals surface area contributed by atoms with Crippen molar-refractivity contribution < 1.29 is 9.59 Å². The van der Waals surface area contributed by atoms with Gasteiger partial charge in [-0.3, -0.25) is 14.5 Å². The van der Waals surface area contributed by atoms with Gasteiger partial charge in [-0.15, -0.1) is 11.3 Å². The molecule has 0 bridgehead atoms. The van der Waals surface area contributed by atoms with Crippen LogP contribution in [0.2, 0.25) is 0 Å². The normalized spacial score (nSPS) is 22.6. The highest BCUT2D eigenvalue weighted by molar-refractivity contribution is 7.11. The topological polar surface area (TPSA) is 88.3 Å². The molecule has 1 atom stereocenters. The Hall–Kier alpha value is -1.47. The van der Waals surface area contributed by atoms with E-state index >= 15 is 0 Å². The largest absolute Gasteiger partial charge is 0.369 e. The van der Waals surface area contributed by atoms with Gasteiger partial charge in [0, 0.05) is 10.8 Å². The molecule has 126 valence electrons. The van der Waals surface area contributed by atoms with Gasteiger partial charge >= 0.3 is 0 Å². The van der Waals surface area contributed by atoms with Gasteiger partial charge in [0.15, 0.2) is 0 Å². The van der Waals surface area contributed by atoms with Gasteiger partial charge in [0.1, 0.15) is 0 Å². The summed E-state index contributed by atoms with van der Waals surface area (Å²) in [4.78, 5) is 31.5. The zero-order chi connectivity index (χ0) is 16.4. The Morgan fingerprint density at radius 3 is 2.78 bits per heavy atom. The number of primary amides is 1. The van der Waals surface area contributed by atoms with Gasteiger partial charge in [-0.25, -0.2) is 4.98 Å². The minimum Gasteiger partial charge on any atom is -0.369 e. The molecule has 2 aliphatic rings. The monoisotopic (exact) mass is 336 g/mol. The second-order valence-electron chi connectivity index (χ2n) is 6.51. The van der Waals surface area contributed by atoms with Crippen LogP contribution in [0.5, 0.6) is 0 Å². The number of carbonyl (C=O) groups excluding carboxylic acids is 2. The van der Waals surface area contributed by atoms with E-state index in [0.717, 1.165) is 55.9 Å². The first kappa shape index (κ1) is 16.4. The van der Waals surface area contributed by atoms with Gasteiger partial charge in [0.25, 0.3) is 0 Å². The highest BCUT2D eigenvalue weighted by Crippen LogP contribution is 2.33. The van der Waals surface area contributed by atoms with Gasteiger partial charge in [-0.1, -0.05) is 0 Å². The Balaban J connectivity index is 1.55. The number of amides is 2. The van der Waals surface area contributed by atoms with Crippen LogP contribution < -0.4 is 11.1 Å². The predicted octanol–water partition coefficient (Wildman–Crippen LogP) is 1.14. The number of thiazole rings is 1. The lowest BCUT2D eigenvalue weighted by atomic mass is 9.93. The SMILES string of the molecule is Cc1nc2c(s1)CCC[C@@H]2NC(=O)C1CCN(CC(N)=O)CC1. The number of hydrogen-bond donors (Lipinski definition) is 2. The van der Waals surface area contributed by atoms with E-state index in [4.69, 9.17) is 5.73 Å². The fraction of sp³-hybridized carbons (Fsp3) is 0.688. The molecule has 1 aromatic heterocycles. The minimum atomic E-state index is -0.304. The summed E-state index contributed by atoms with van der Waals surface area (Å²) >= 11 is 1.75. The average Bonchev–Trinajstić information content (AvgIpc) is 2.88. The van der Waals surface area contributed by atoms with Gasteiger partial charge in [0.05, 0.1) is 23.3 Å². The number of rotatable bonds is 4. The lowest BCUT2D eigenvalue weighted by Gasteiger charge is -2.31. The van der Waals surface area contributed by atoms with Gasteiger partial charge in [0.2, 0.25) is 11.8 Å². The van der Waals surface area contributed by atoms with Crippen molar-refractivity contribution in [3.63, 3.8) is 0 Å². The molecule has 0 aromatic carbocycles. The van der Waals surface area contributed by atoms with E-state index in [1.54, 1.807) is 11.3 Å². The molecule has 0 saturated carbocycles. The summed E-state index contributed by atoms with van der Waals surface area (Å²) in [6.07, 6.45) is 4.74. The summed E-state index contributed by atoms with van der Waals surface area (Å²) in [5.41, 5.74) is 6.30. The molecule has 0 unspecified atom stereocenters. The number of aryl methyl sites for hydroxylation is 2. The Kier molecular flexibility index (Phi) is 4.96. The highest BCUT2D eigenvalue weighted by Gasteiger charge is 2.30. The summed E-state index contributed by atoms with van der Waals surface area (Å²) in [5, 5.41) is 4.29. The fourth-order valence-corrected chi connectivity index (χ4v) is 4.58. The highest BCUT2D eigenvalue weighted by atomic mass is 32.1.